The van der Waals surface area contributed by atoms with Crippen molar-refractivity contribution in [2.24, 2.45) is 5.92 Å². The van der Waals surface area contributed by atoms with Gasteiger partial charge in [-0.3, -0.25) is 0 Å². The zero-order valence-corrected chi connectivity index (χ0v) is 15.7. The molecule has 0 atom stereocenters. The van der Waals surface area contributed by atoms with Gasteiger partial charge in [0.2, 0.25) is 0 Å². The second-order valence-electron chi connectivity index (χ2n) is 7.17. The van der Waals surface area contributed by atoms with E-state index in [1.165, 1.54) is 13.0 Å². The minimum absolute atomic E-state index is 0.0653. The highest BCUT2D eigenvalue weighted by molar-refractivity contribution is 5.65. The lowest BCUT2D eigenvalue weighted by atomic mass is 9.99. The van der Waals surface area contributed by atoms with E-state index in [2.05, 4.69) is 6.92 Å². The highest BCUT2D eigenvalue weighted by Gasteiger charge is 2.21. The third-order valence-electron chi connectivity index (χ3n) is 5.03. The SMILES string of the molecule is CCCC1COC(CCc2ccc(-c3cc(F)c(C)c(F)c3)c(F)c2)OC1. The fourth-order valence-corrected chi connectivity index (χ4v) is 3.36. The van der Waals surface area contributed by atoms with Crippen LogP contribution >= 0.6 is 0 Å². The normalized spacial score (nSPS) is 20.0. The van der Waals surface area contributed by atoms with Crippen LogP contribution < -0.4 is 0 Å². The molecule has 2 aromatic rings. The van der Waals surface area contributed by atoms with Crippen LogP contribution in [0.1, 0.15) is 37.3 Å². The molecule has 1 aliphatic rings. The Morgan fingerprint density at radius 2 is 1.59 bits per heavy atom. The number of benzene rings is 2. The van der Waals surface area contributed by atoms with Crippen molar-refractivity contribution in [3.8, 4) is 11.1 Å². The summed E-state index contributed by atoms with van der Waals surface area (Å²) >= 11 is 0. The molecule has 1 aliphatic heterocycles. The van der Waals surface area contributed by atoms with Gasteiger partial charge in [0.05, 0.1) is 13.2 Å². The van der Waals surface area contributed by atoms with E-state index in [0.717, 1.165) is 30.5 Å². The molecule has 2 aromatic carbocycles. The van der Waals surface area contributed by atoms with Gasteiger partial charge in [0, 0.05) is 23.5 Å². The number of hydrogen-bond acceptors (Lipinski definition) is 2. The predicted octanol–water partition coefficient (Wildman–Crippen LogP) is 5.80. The third-order valence-corrected chi connectivity index (χ3v) is 5.03. The number of halogens is 3. The molecule has 0 aromatic heterocycles. The van der Waals surface area contributed by atoms with Gasteiger partial charge in [0.15, 0.2) is 6.29 Å². The molecule has 0 unspecified atom stereocenters. The van der Waals surface area contributed by atoms with E-state index in [-0.39, 0.29) is 23.0 Å². The molecule has 1 fully saturated rings. The average Bonchev–Trinajstić information content (AvgIpc) is 2.65. The van der Waals surface area contributed by atoms with E-state index < -0.39 is 17.5 Å². The zero-order chi connectivity index (χ0) is 19.4. The van der Waals surface area contributed by atoms with Crippen molar-refractivity contribution in [2.75, 3.05) is 13.2 Å². The molecule has 3 rings (SSSR count). The van der Waals surface area contributed by atoms with Gasteiger partial charge in [-0.15, -0.1) is 0 Å². The van der Waals surface area contributed by atoms with Crippen LogP contribution in [0.3, 0.4) is 0 Å². The summed E-state index contributed by atoms with van der Waals surface area (Å²) in [5, 5.41) is 0. The van der Waals surface area contributed by atoms with Crippen LogP contribution in [0.25, 0.3) is 11.1 Å². The van der Waals surface area contributed by atoms with Gasteiger partial charge >= 0.3 is 0 Å². The molecule has 0 N–H and O–H groups in total. The van der Waals surface area contributed by atoms with Crippen LogP contribution in [0.15, 0.2) is 30.3 Å². The zero-order valence-electron chi connectivity index (χ0n) is 15.7. The van der Waals surface area contributed by atoms with Crippen molar-refractivity contribution in [2.45, 2.75) is 45.8 Å². The molecule has 0 saturated carbocycles. The van der Waals surface area contributed by atoms with Gasteiger partial charge in [-0.1, -0.05) is 25.5 Å². The first-order valence-corrected chi connectivity index (χ1v) is 9.45. The highest BCUT2D eigenvalue weighted by atomic mass is 19.1. The standard InChI is InChI=1S/C22H25F3O2/c1-3-4-16-12-26-22(27-13-16)8-6-15-5-7-18(21(25)9-15)17-10-19(23)14(2)20(24)11-17/h5,7,9-11,16,22H,3-4,6,8,12-13H2,1-2H3. The Labute approximate surface area is 158 Å². The Kier molecular flexibility index (Phi) is 6.55. The molecule has 27 heavy (non-hydrogen) atoms. The largest absolute Gasteiger partial charge is 0.352 e. The molecule has 0 radical (unpaired) electrons. The van der Waals surface area contributed by atoms with E-state index in [1.807, 2.05) is 0 Å². The Hall–Kier alpha value is -1.85. The second kappa shape index (κ2) is 8.89. The lowest BCUT2D eigenvalue weighted by Gasteiger charge is -2.29. The van der Waals surface area contributed by atoms with Crippen LogP contribution in [0, 0.1) is 30.3 Å². The Bertz CT molecular complexity index is 760. The number of aryl methyl sites for hydroxylation is 1. The number of ether oxygens (including phenoxy) is 2. The lowest BCUT2D eigenvalue weighted by Crippen LogP contribution is -2.32. The summed E-state index contributed by atoms with van der Waals surface area (Å²) in [5.74, 6) is -1.40. The minimum atomic E-state index is -0.679. The predicted molar refractivity (Wildman–Crippen MR) is 98.9 cm³/mol. The van der Waals surface area contributed by atoms with E-state index in [1.54, 1.807) is 12.1 Å². The fraction of sp³-hybridized carbons (Fsp3) is 0.455. The Morgan fingerprint density at radius 3 is 2.19 bits per heavy atom. The monoisotopic (exact) mass is 378 g/mol. The van der Waals surface area contributed by atoms with E-state index >= 15 is 0 Å². The molecule has 0 bridgehead atoms. The van der Waals surface area contributed by atoms with Crippen molar-refractivity contribution in [1.29, 1.82) is 0 Å². The minimum Gasteiger partial charge on any atom is -0.352 e. The maximum Gasteiger partial charge on any atom is 0.157 e. The highest BCUT2D eigenvalue weighted by Crippen LogP contribution is 2.28. The summed E-state index contributed by atoms with van der Waals surface area (Å²) in [6.45, 7) is 4.91. The first-order valence-electron chi connectivity index (χ1n) is 9.45. The third kappa shape index (κ3) is 4.90. The van der Waals surface area contributed by atoms with Gasteiger partial charge in [-0.25, -0.2) is 13.2 Å². The Morgan fingerprint density at radius 1 is 0.926 bits per heavy atom. The lowest BCUT2D eigenvalue weighted by molar-refractivity contribution is -0.203. The first-order chi connectivity index (χ1) is 13.0. The molecule has 5 heteroatoms. The molecule has 1 saturated heterocycles. The van der Waals surface area contributed by atoms with Crippen LogP contribution in [0.5, 0.6) is 0 Å². The van der Waals surface area contributed by atoms with E-state index in [4.69, 9.17) is 9.47 Å². The quantitative estimate of drug-likeness (QED) is 0.632. The van der Waals surface area contributed by atoms with Gasteiger partial charge in [0.1, 0.15) is 17.5 Å². The summed E-state index contributed by atoms with van der Waals surface area (Å²) < 4.78 is 53.4. The van der Waals surface area contributed by atoms with Crippen molar-refractivity contribution < 1.29 is 22.6 Å². The van der Waals surface area contributed by atoms with E-state index in [9.17, 15) is 13.2 Å². The molecule has 2 nitrogen and oxygen atoms in total. The average molecular weight is 378 g/mol. The fourth-order valence-electron chi connectivity index (χ4n) is 3.36. The maximum absolute atomic E-state index is 14.5. The first kappa shape index (κ1) is 19.9. The smallest absolute Gasteiger partial charge is 0.157 e. The van der Waals surface area contributed by atoms with Crippen molar-refractivity contribution in [1.82, 2.24) is 0 Å². The van der Waals surface area contributed by atoms with E-state index in [0.29, 0.717) is 32.0 Å². The molecule has 1 heterocycles. The van der Waals surface area contributed by atoms with Crippen LogP contribution in [-0.4, -0.2) is 19.5 Å². The number of hydrogen-bond donors (Lipinski definition) is 0. The van der Waals surface area contributed by atoms with Gasteiger partial charge in [-0.05, 0) is 49.1 Å². The van der Waals surface area contributed by atoms with Gasteiger partial charge < -0.3 is 9.47 Å². The summed E-state index contributed by atoms with van der Waals surface area (Å²) in [6, 6.07) is 7.07. The molecule has 146 valence electrons. The molecular weight excluding hydrogens is 353 g/mol. The summed E-state index contributed by atoms with van der Waals surface area (Å²) in [5.41, 5.74) is 1.11. The number of rotatable bonds is 6. The molecule has 0 amide bonds. The summed E-state index contributed by atoms with van der Waals surface area (Å²) in [7, 11) is 0. The molecule has 0 aliphatic carbocycles. The van der Waals surface area contributed by atoms with Crippen molar-refractivity contribution in [3.05, 3.63) is 58.9 Å². The summed E-state index contributed by atoms with van der Waals surface area (Å²) in [4.78, 5) is 0. The second-order valence-corrected chi connectivity index (χ2v) is 7.17. The van der Waals surface area contributed by atoms with Crippen LogP contribution in [0.4, 0.5) is 13.2 Å². The molecular formula is C22H25F3O2. The van der Waals surface area contributed by atoms with Crippen LogP contribution in [0.2, 0.25) is 0 Å². The van der Waals surface area contributed by atoms with Crippen molar-refractivity contribution in [3.63, 3.8) is 0 Å². The van der Waals surface area contributed by atoms with Crippen LogP contribution in [-0.2, 0) is 15.9 Å². The van der Waals surface area contributed by atoms with Gasteiger partial charge in [0.25, 0.3) is 0 Å². The topological polar surface area (TPSA) is 18.5 Å². The van der Waals surface area contributed by atoms with Crippen molar-refractivity contribution >= 4 is 0 Å². The van der Waals surface area contributed by atoms with Gasteiger partial charge in [-0.2, -0.15) is 0 Å². The summed E-state index contributed by atoms with van der Waals surface area (Å²) in [6.07, 6.45) is 3.20. The Balaban J connectivity index is 1.62. The molecule has 0 spiro atoms. The maximum atomic E-state index is 14.5.